The molecule has 2 rings (SSSR count). The summed E-state index contributed by atoms with van der Waals surface area (Å²) in [5.74, 6) is 0.0122. The molecule has 1 aromatic carbocycles. The minimum Gasteiger partial charge on any atom is -0.376 e. The lowest BCUT2D eigenvalue weighted by Crippen LogP contribution is -2.40. The van der Waals surface area contributed by atoms with E-state index in [-0.39, 0.29) is 18.0 Å². The zero-order valence-electron chi connectivity index (χ0n) is 14.7. The molecule has 1 aromatic rings. The second-order valence-corrected chi connectivity index (χ2v) is 6.18. The van der Waals surface area contributed by atoms with E-state index in [9.17, 15) is 9.59 Å². The van der Waals surface area contributed by atoms with E-state index in [2.05, 4.69) is 5.32 Å². The lowest BCUT2D eigenvalue weighted by molar-refractivity contribution is -0.128. The number of anilines is 1. The molecule has 0 bridgehead atoms. The van der Waals surface area contributed by atoms with Gasteiger partial charge in [-0.15, -0.1) is 0 Å². The molecule has 0 aliphatic carbocycles. The first-order valence-corrected chi connectivity index (χ1v) is 8.47. The smallest absolute Gasteiger partial charge is 0.321 e. The average Bonchev–Trinajstić information content (AvgIpc) is 3.05. The molecule has 0 radical (unpaired) electrons. The van der Waals surface area contributed by atoms with Crippen molar-refractivity contribution < 1.29 is 14.3 Å². The Morgan fingerprint density at radius 2 is 2.17 bits per heavy atom. The number of rotatable bonds is 6. The largest absolute Gasteiger partial charge is 0.376 e. The monoisotopic (exact) mass is 333 g/mol. The summed E-state index contributed by atoms with van der Waals surface area (Å²) in [6, 6.07) is 7.46. The fourth-order valence-corrected chi connectivity index (χ4v) is 2.72. The van der Waals surface area contributed by atoms with Crippen molar-refractivity contribution >= 4 is 17.6 Å². The summed E-state index contributed by atoms with van der Waals surface area (Å²) in [5, 5.41) is 2.94. The standard InChI is InChI=1S/C18H27N3O3/c1-4-21(13-17-9-6-10-24-17)18(23)19-16-8-5-7-15(11-16)12-20(3)14(2)22/h5,7-8,11,17H,4,6,9-10,12-13H2,1-3H3,(H,19,23)/t17-/m1/s1. The van der Waals surface area contributed by atoms with E-state index >= 15 is 0 Å². The molecule has 1 aliphatic heterocycles. The Morgan fingerprint density at radius 3 is 2.79 bits per heavy atom. The van der Waals surface area contributed by atoms with Crippen molar-refractivity contribution in [2.24, 2.45) is 0 Å². The van der Waals surface area contributed by atoms with Gasteiger partial charge in [0.15, 0.2) is 0 Å². The molecule has 0 aromatic heterocycles. The molecule has 1 atom stereocenters. The quantitative estimate of drug-likeness (QED) is 0.871. The molecule has 0 saturated carbocycles. The van der Waals surface area contributed by atoms with Gasteiger partial charge in [-0.25, -0.2) is 4.79 Å². The number of amides is 3. The minimum atomic E-state index is -0.120. The summed E-state index contributed by atoms with van der Waals surface area (Å²) < 4.78 is 5.61. The van der Waals surface area contributed by atoms with Gasteiger partial charge in [0.2, 0.25) is 5.91 Å². The number of ether oxygens (including phenoxy) is 1. The second kappa shape index (κ2) is 8.68. The van der Waals surface area contributed by atoms with E-state index in [1.807, 2.05) is 31.2 Å². The number of benzene rings is 1. The second-order valence-electron chi connectivity index (χ2n) is 6.18. The molecule has 1 heterocycles. The predicted octanol–water partition coefficient (Wildman–Crippen LogP) is 2.70. The molecule has 132 valence electrons. The zero-order chi connectivity index (χ0) is 17.5. The van der Waals surface area contributed by atoms with Crippen LogP contribution in [0.1, 0.15) is 32.3 Å². The van der Waals surface area contributed by atoms with E-state index in [0.29, 0.717) is 19.6 Å². The van der Waals surface area contributed by atoms with Gasteiger partial charge in [-0.2, -0.15) is 0 Å². The van der Waals surface area contributed by atoms with Gasteiger partial charge >= 0.3 is 6.03 Å². The lowest BCUT2D eigenvalue weighted by Gasteiger charge is -2.24. The highest BCUT2D eigenvalue weighted by Gasteiger charge is 2.21. The van der Waals surface area contributed by atoms with Crippen LogP contribution in [0.5, 0.6) is 0 Å². The van der Waals surface area contributed by atoms with Crippen molar-refractivity contribution in [1.82, 2.24) is 9.80 Å². The molecule has 0 unspecified atom stereocenters. The number of carbonyl (C=O) groups excluding carboxylic acids is 2. The van der Waals surface area contributed by atoms with Crippen molar-refractivity contribution in [2.75, 3.05) is 32.1 Å². The van der Waals surface area contributed by atoms with Crippen LogP contribution in [-0.4, -0.2) is 54.6 Å². The van der Waals surface area contributed by atoms with E-state index in [1.54, 1.807) is 16.8 Å². The fourth-order valence-electron chi connectivity index (χ4n) is 2.72. The highest BCUT2D eigenvalue weighted by Crippen LogP contribution is 2.16. The Labute approximate surface area is 143 Å². The van der Waals surface area contributed by atoms with Gasteiger partial charge < -0.3 is 19.9 Å². The number of hydrogen-bond donors (Lipinski definition) is 1. The number of urea groups is 1. The van der Waals surface area contributed by atoms with Crippen LogP contribution in [0.4, 0.5) is 10.5 Å². The van der Waals surface area contributed by atoms with Crippen LogP contribution in [0.25, 0.3) is 0 Å². The highest BCUT2D eigenvalue weighted by molar-refractivity contribution is 5.89. The molecule has 1 fully saturated rings. The van der Waals surface area contributed by atoms with Crippen molar-refractivity contribution in [1.29, 1.82) is 0 Å². The van der Waals surface area contributed by atoms with Gasteiger partial charge in [-0.1, -0.05) is 12.1 Å². The maximum absolute atomic E-state index is 12.5. The van der Waals surface area contributed by atoms with Crippen LogP contribution in [-0.2, 0) is 16.1 Å². The zero-order valence-corrected chi connectivity index (χ0v) is 14.7. The third kappa shape index (κ3) is 5.23. The van der Waals surface area contributed by atoms with Gasteiger partial charge in [0, 0.05) is 45.9 Å². The molecule has 3 amide bonds. The topological polar surface area (TPSA) is 61.9 Å². The normalized spacial score (nSPS) is 16.7. The molecule has 6 heteroatoms. The molecule has 24 heavy (non-hydrogen) atoms. The van der Waals surface area contributed by atoms with Gasteiger partial charge in [0.1, 0.15) is 0 Å². The van der Waals surface area contributed by atoms with Crippen molar-refractivity contribution in [3.63, 3.8) is 0 Å². The van der Waals surface area contributed by atoms with Crippen molar-refractivity contribution in [3.05, 3.63) is 29.8 Å². The summed E-state index contributed by atoms with van der Waals surface area (Å²) in [6.45, 7) is 6.07. The molecule has 6 nitrogen and oxygen atoms in total. The Bertz CT molecular complexity index is 570. The number of hydrogen-bond acceptors (Lipinski definition) is 3. The van der Waals surface area contributed by atoms with Gasteiger partial charge in [0.05, 0.1) is 6.10 Å². The van der Waals surface area contributed by atoms with Crippen molar-refractivity contribution in [3.8, 4) is 0 Å². The first-order valence-electron chi connectivity index (χ1n) is 8.47. The lowest BCUT2D eigenvalue weighted by atomic mass is 10.2. The third-order valence-electron chi connectivity index (χ3n) is 4.25. The van der Waals surface area contributed by atoms with Crippen LogP contribution in [0.2, 0.25) is 0 Å². The van der Waals surface area contributed by atoms with Crippen molar-refractivity contribution in [2.45, 2.75) is 39.3 Å². The number of likely N-dealkylation sites (N-methyl/N-ethyl adjacent to an activating group) is 1. The van der Waals surface area contributed by atoms with E-state index in [4.69, 9.17) is 4.74 Å². The number of carbonyl (C=O) groups is 2. The van der Waals surface area contributed by atoms with Gasteiger partial charge in [0.25, 0.3) is 0 Å². The van der Waals surface area contributed by atoms with Crippen LogP contribution in [0.3, 0.4) is 0 Å². The molecular weight excluding hydrogens is 306 g/mol. The van der Waals surface area contributed by atoms with Crippen LogP contribution in [0, 0.1) is 0 Å². The maximum atomic E-state index is 12.5. The van der Waals surface area contributed by atoms with Crippen LogP contribution >= 0.6 is 0 Å². The summed E-state index contributed by atoms with van der Waals surface area (Å²) in [4.78, 5) is 27.2. The molecule has 1 N–H and O–H groups in total. The number of nitrogens with zero attached hydrogens (tertiary/aromatic N) is 2. The van der Waals surface area contributed by atoms with Crippen LogP contribution in [0.15, 0.2) is 24.3 Å². The van der Waals surface area contributed by atoms with Gasteiger partial charge in [-0.05, 0) is 37.5 Å². The van der Waals surface area contributed by atoms with Crippen LogP contribution < -0.4 is 5.32 Å². The summed E-state index contributed by atoms with van der Waals surface area (Å²) in [7, 11) is 1.76. The first-order chi connectivity index (χ1) is 11.5. The van der Waals surface area contributed by atoms with E-state index in [1.165, 1.54) is 6.92 Å². The Kier molecular flexibility index (Phi) is 6.61. The minimum absolute atomic E-state index is 0.0122. The Balaban J connectivity index is 1.95. The van der Waals surface area contributed by atoms with Gasteiger partial charge in [-0.3, -0.25) is 4.79 Å². The molecule has 0 spiro atoms. The highest BCUT2D eigenvalue weighted by atomic mass is 16.5. The first kappa shape index (κ1) is 18.3. The summed E-state index contributed by atoms with van der Waals surface area (Å²) in [6.07, 6.45) is 2.22. The predicted molar refractivity (Wildman–Crippen MR) is 93.8 cm³/mol. The molecular formula is C18H27N3O3. The SMILES string of the molecule is CCN(C[C@H]1CCCO1)C(=O)Nc1cccc(CN(C)C(C)=O)c1. The van der Waals surface area contributed by atoms with E-state index in [0.717, 1.165) is 30.7 Å². The summed E-state index contributed by atoms with van der Waals surface area (Å²) in [5.41, 5.74) is 1.72. The average molecular weight is 333 g/mol. The Morgan fingerprint density at radius 1 is 1.38 bits per heavy atom. The Hall–Kier alpha value is -2.08. The third-order valence-corrected chi connectivity index (χ3v) is 4.25. The maximum Gasteiger partial charge on any atom is 0.321 e. The fraction of sp³-hybridized carbons (Fsp3) is 0.556. The van der Waals surface area contributed by atoms with E-state index < -0.39 is 0 Å². The summed E-state index contributed by atoms with van der Waals surface area (Å²) >= 11 is 0. The molecule has 1 saturated heterocycles. The molecule has 1 aliphatic rings. The number of nitrogens with one attached hydrogen (secondary N) is 1.